The smallest absolute Gasteiger partial charge is 0.344 e. The minimum absolute atomic E-state index is 0.0417. The summed E-state index contributed by atoms with van der Waals surface area (Å²) in [5.41, 5.74) is 0.808. The molecule has 1 aromatic heterocycles. The molecule has 0 spiro atoms. The van der Waals surface area contributed by atoms with Crippen molar-refractivity contribution in [3.63, 3.8) is 0 Å². The topological polar surface area (TPSA) is 74.7 Å². The maximum absolute atomic E-state index is 11.8. The van der Waals surface area contributed by atoms with E-state index in [1.165, 1.54) is 11.3 Å². The van der Waals surface area contributed by atoms with E-state index in [0.29, 0.717) is 23.8 Å². The first-order valence-corrected chi connectivity index (χ1v) is 9.79. The van der Waals surface area contributed by atoms with Gasteiger partial charge in [-0.05, 0) is 52.3 Å². The second kappa shape index (κ2) is 11.0. The molecule has 0 amide bonds. The van der Waals surface area contributed by atoms with Crippen molar-refractivity contribution in [2.75, 3.05) is 20.3 Å². The van der Waals surface area contributed by atoms with Gasteiger partial charge in [0, 0.05) is 13.5 Å². The van der Waals surface area contributed by atoms with Gasteiger partial charge in [0.1, 0.15) is 5.75 Å². The maximum atomic E-state index is 11.8. The van der Waals surface area contributed by atoms with Crippen LogP contribution >= 0.6 is 11.3 Å². The summed E-state index contributed by atoms with van der Waals surface area (Å²) in [6.45, 7) is 9.98. The fourth-order valence-corrected chi connectivity index (χ4v) is 2.75. The summed E-state index contributed by atoms with van der Waals surface area (Å²) in [5, 5.41) is 0.523. The summed E-state index contributed by atoms with van der Waals surface area (Å²) in [4.78, 5) is 27.4. The van der Waals surface area contributed by atoms with Gasteiger partial charge in [-0.25, -0.2) is 9.78 Å². The monoisotopic (exact) mass is 395 g/mol. The number of thiazole rings is 1. The number of benzene rings is 1. The van der Waals surface area contributed by atoms with Gasteiger partial charge in [0.05, 0.1) is 22.4 Å². The Balaban J connectivity index is 0.000000527. The largest absolute Gasteiger partial charge is 0.482 e. The third-order valence-corrected chi connectivity index (χ3v) is 4.41. The Hall–Kier alpha value is -1.99. The number of hydrogen-bond acceptors (Lipinski definition) is 7. The van der Waals surface area contributed by atoms with Crippen molar-refractivity contribution < 1.29 is 23.8 Å². The van der Waals surface area contributed by atoms with Crippen molar-refractivity contribution in [1.29, 1.82) is 0 Å². The predicted octanol–water partition coefficient (Wildman–Crippen LogP) is 4.65. The number of esters is 1. The van der Waals surface area contributed by atoms with Gasteiger partial charge in [0.15, 0.2) is 17.4 Å². The zero-order valence-electron chi connectivity index (χ0n) is 17.0. The molecule has 6 nitrogen and oxygen atoms in total. The molecule has 0 saturated heterocycles. The third kappa shape index (κ3) is 8.49. The Morgan fingerprint density at radius 2 is 1.85 bits per heavy atom. The van der Waals surface area contributed by atoms with E-state index in [2.05, 4.69) is 4.98 Å². The van der Waals surface area contributed by atoms with E-state index in [1.807, 2.05) is 27.7 Å². The van der Waals surface area contributed by atoms with Crippen molar-refractivity contribution in [1.82, 2.24) is 4.98 Å². The molecule has 2 rings (SSSR count). The number of Topliss-reactive ketones (excluding diaryl/α,β-unsaturated/α-hetero) is 1. The average molecular weight is 396 g/mol. The van der Waals surface area contributed by atoms with Crippen LogP contribution in [0.15, 0.2) is 18.2 Å². The number of ether oxygens (including phenoxy) is 3. The molecule has 0 N–H and O–H groups in total. The Labute approximate surface area is 164 Å². The Bertz CT molecular complexity index is 748. The van der Waals surface area contributed by atoms with Crippen LogP contribution in [0.5, 0.6) is 5.75 Å². The van der Waals surface area contributed by atoms with Crippen LogP contribution in [0.4, 0.5) is 0 Å². The molecule has 0 unspecified atom stereocenters. The van der Waals surface area contributed by atoms with Gasteiger partial charge in [-0.1, -0.05) is 6.92 Å². The highest BCUT2D eigenvalue weighted by atomic mass is 32.1. The molecule has 27 heavy (non-hydrogen) atoms. The predicted molar refractivity (Wildman–Crippen MR) is 108 cm³/mol. The normalized spacial score (nSPS) is 10.9. The Morgan fingerprint density at radius 3 is 2.41 bits per heavy atom. The van der Waals surface area contributed by atoms with Crippen molar-refractivity contribution in [2.24, 2.45) is 0 Å². The molecule has 0 aliphatic carbocycles. The standard InChI is InChI=1S/C15H17NO4S.C5H12O/c1-3-5-12(17)15-16-11-7-6-10(8-13(11)21-15)20-9-14(18)19-4-2;1-5(2,3)6-4/h6-8H,3-5,9H2,1-2H3;1-4H3. The van der Waals surface area contributed by atoms with E-state index in [1.54, 1.807) is 32.2 Å². The lowest BCUT2D eigenvalue weighted by Gasteiger charge is -2.14. The summed E-state index contributed by atoms with van der Waals surface area (Å²) in [5.74, 6) is 0.224. The summed E-state index contributed by atoms with van der Waals surface area (Å²) in [7, 11) is 1.71. The molecule has 0 atom stereocenters. The van der Waals surface area contributed by atoms with Crippen molar-refractivity contribution >= 4 is 33.3 Å². The van der Waals surface area contributed by atoms with E-state index in [9.17, 15) is 9.59 Å². The number of aromatic nitrogens is 1. The molecule has 0 radical (unpaired) electrons. The number of fused-ring (bicyclic) bond motifs is 1. The van der Waals surface area contributed by atoms with E-state index in [-0.39, 0.29) is 18.0 Å². The number of methoxy groups -OCH3 is 1. The van der Waals surface area contributed by atoms with Gasteiger partial charge in [-0.2, -0.15) is 0 Å². The highest BCUT2D eigenvalue weighted by Crippen LogP contribution is 2.27. The number of ketones is 1. The average Bonchev–Trinajstić information content (AvgIpc) is 3.04. The SMILES string of the molecule is CCCC(=O)c1nc2ccc(OCC(=O)OCC)cc2s1.COC(C)(C)C. The number of nitrogens with zero attached hydrogens (tertiary/aromatic N) is 1. The van der Waals surface area contributed by atoms with Gasteiger partial charge in [0.25, 0.3) is 0 Å². The molecule has 7 heteroatoms. The molecular weight excluding hydrogens is 366 g/mol. The quantitative estimate of drug-likeness (QED) is 0.502. The number of carbonyl (C=O) groups is 2. The van der Waals surface area contributed by atoms with Crippen LogP contribution in [0.2, 0.25) is 0 Å². The lowest BCUT2D eigenvalue weighted by molar-refractivity contribution is -0.145. The molecule has 1 heterocycles. The second-order valence-corrected chi connectivity index (χ2v) is 7.76. The minimum atomic E-state index is -0.402. The summed E-state index contributed by atoms with van der Waals surface area (Å²) >= 11 is 1.35. The van der Waals surface area contributed by atoms with Gasteiger partial charge in [-0.15, -0.1) is 11.3 Å². The molecular formula is C20H29NO5S. The van der Waals surface area contributed by atoms with Gasteiger partial charge >= 0.3 is 5.97 Å². The van der Waals surface area contributed by atoms with Crippen LogP contribution in [0, 0.1) is 0 Å². The van der Waals surface area contributed by atoms with Crippen LogP contribution in [0.3, 0.4) is 0 Å². The lowest BCUT2D eigenvalue weighted by atomic mass is 10.2. The van der Waals surface area contributed by atoms with Crippen LogP contribution in [0.25, 0.3) is 10.2 Å². The molecule has 0 fully saturated rings. The Kier molecular flexibility index (Phi) is 9.38. The maximum Gasteiger partial charge on any atom is 0.344 e. The molecule has 2 aromatic rings. The molecule has 0 saturated carbocycles. The van der Waals surface area contributed by atoms with E-state index < -0.39 is 5.97 Å². The first kappa shape index (κ1) is 23.0. The van der Waals surface area contributed by atoms with E-state index in [0.717, 1.165) is 16.6 Å². The lowest BCUT2D eigenvalue weighted by Crippen LogP contribution is -2.15. The van der Waals surface area contributed by atoms with Crippen LogP contribution in [-0.2, 0) is 14.3 Å². The number of carbonyl (C=O) groups excluding carboxylic acids is 2. The fraction of sp³-hybridized carbons (Fsp3) is 0.550. The van der Waals surface area contributed by atoms with Gasteiger partial charge < -0.3 is 14.2 Å². The molecule has 0 bridgehead atoms. The highest BCUT2D eigenvalue weighted by Gasteiger charge is 2.12. The van der Waals surface area contributed by atoms with E-state index in [4.69, 9.17) is 14.2 Å². The molecule has 1 aromatic carbocycles. The second-order valence-electron chi connectivity index (χ2n) is 6.73. The minimum Gasteiger partial charge on any atom is -0.482 e. The van der Waals surface area contributed by atoms with Crippen LogP contribution in [0.1, 0.15) is 57.3 Å². The zero-order chi connectivity index (χ0) is 20.4. The number of hydrogen-bond donors (Lipinski definition) is 0. The fourth-order valence-electron chi connectivity index (χ4n) is 1.79. The van der Waals surface area contributed by atoms with Crippen molar-refractivity contribution in [3.05, 3.63) is 23.2 Å². The molecule has 0 aliphatic rings. The van der Waals surface area contributed by atoms with Gasteiger partial charge in [-0.3, -0.25) is 4.79 Å². The van der Waals surface area contributed by atoms with Crippen molar-refractivity contribution in [2.45, 2.75) is 53.1 Å². The third-order valence-electron chi connectivity index (χ3n) is 3.35. The summed E-state index contributed by atoms with van der Waals surface area (Å²) in [6.07, 6.45) is 1.31. The summed E-state index contributed by atoms with van der Waals surface area (Å²) < 4.78 is 16.0. The van der Waals surface area contributed by atoms with Gasteiger partial charge in [0.2, 0.25) is 0 Å². The molecule has 150 valence electrons. The van der Waals surface area contributed by atoms with Crippen LogP contribution in [-0.4, -0.2) is 42.7 Å². The Morgan fingerprint density at radius 1 is 1.19 bits per heavy atom. The first-order chi connectivity index (χ1) is 12.7. The van der Waals surface area contributed by atoms with E-state index >= 15 is 0 Å². The summed E-state index contributed by atoms with van der Waals surface area (Å²) in [6, 6.07) is 5.30. The van der Waals surface area contributed by atoms with Crippen LogP contribution < -0.4 is 4.74 Å². The molecule has 0 aliphatic heterocycles. The highest BCUT2D eigenvalue weighted by molar-refractivity contribution is 7.20. The zero-order valence-corrected chi connectivity index (χ0v) is 17.8. The first-order valence-electron chi connectivity index (χ1n) is 8.97. The number of rotatable bonds is 7. The van der Waals surface area contributed by atoms with Crippen molar-refractivity contribution in [3.8, 4) is 5.75 Å².